The summed E-state index contributed by atoms with van der Waals surface area (Å²) in [6.45, 7) is 3.21. The summed E-state index contributed by atoms with van der Waals surface area (Å²) in [5, 5.41) is 3.37. The summed E-state index contributed by atoms with van der Waals surface area (Å²) in [6.07, 6.45) is 1.86. The molecule has 0 radical (unpaired) electrons. The lowest BCUT2D eigenvalue weighted by Crippen LogP contribution is -2.07. The number of nitrogens with zero attached hydrogens (tertiary/aromatic N) is 2. The first-order valence-corrected chi connectivity index (χ1v) is 8.86. The molecular formula is C21H25N3O3. The third-order valence-electron chi connectivity index (χ3n) is 4.37. The van der Waals surface area contributed by atoms with Crippen LogP contribution < -0.4 is 19.5 Å². The predicted octanol–water partition coefficient (Wildman–Crippen LogP) is 4.12. The Morgan fingerprint density at radius 2 is 1.81 bits per heavy atom. The number of rotatable bonds is 8. The molecule has 0 fully saturated rings. The molecule has 27 heavy (non-hydrogen) atoms. The van der Waals surface area contributed by atoms with Crippen molar-refractivity contribution < 1.29 is 14.2 Å². The number of imidazole rings is 1. The van der Waals surface area contributed by atoms with Gasteiger partial charge in [-0.1, -0.05) is 12.1 Å². The van der Waals surface area contributed by atoms with Crippen LogP contribution in [-0.4, -0.2) is 30.4 Å². The fourth-order valence-corrected chi connectivity index (χ4v) is 3.00. The highest BCUT2D eigenvalue weighted by molar-refractivity contribution is 5.62. The summed E-state index contributed by atoms with van der Waals surface area (Å²) in [6, 6.07) is 13.9. The van der Waals surface area contributed by atoms with Crippen LogP contribution in [0.5, 0.6) is 17.2 Å². The van der Waals surface area contributed by atoms with Gasteiger partial charge in [0.2, 0.25) is 5.95 Å². The Bertz CT molecular complexity index is 888. The SMILES string of the molecule is CCOc1ccc(-c2cnc(NCc3cccc(OC)c3OC)n2C)cc1. The predicted molar refractivity (Wildman–Crippen MR) is 107 cm³/mol. The number of hydrogen-bond acceptors (Lipinski definition) is 5. The van der Waals surface area contributed by atoms with Crippen LogP contribution in [0.4, 0.5) is 5.95 Å². The second kappa shape index (κ2) is 8.49. The summed E-state index contributed by atoms with van der Waals surface area (Å²) in [4.78, 5) is 4.51. The Balaban J connectivity index is 1.76. The van der Waals surface area contributed by atoms with Crippen LogP contribution in [0.1, 0.15) is 12.5 Å². The number of aromatic nitrogens is 2. The summed E-state index contributed by atoms with van der Waals surface area (Å²) in [7, 11) is 5.27. The van der Waals surface area contributed by atoms with Gasteiger partial charge < -0.3 is 24.1 Å². The first-order valence-electron chi connectivity index (χ1n) is 8.86. The van der Waals surface area contributed by atoms with Gasteiger partial charge in [0.05, 0.1) is 32.7 Å². The molecule has 1 aromatic heterocycles. The molecule has 3 aromatic rings. The first-order chi connectivity index (χ1) is 13.2. The molecule has 0 aliphatic carbocycles. The van der Waals surface area contributed by atoms with Crippen molar-refractivity contribution in [1.82, 2.24) is 9.55 Å². The number of anilines is 1. The summed E-state index contributed by atoms with van der Waals surface area (Å²) < 4.78 is 18.4. The molecule has 0 unspecified atom stereocenters. The lowest BCUT2D eigenvalue weighted by molar-refractivity contribution is 0.340. The molecule has 0 aliphatic heterocycles. The van der Waals surface area contributed by atoms with Gasteiger partial charge in [-0.2, -0.15) is 0 Å². The molecule has 0 aliphatic rings. The molecule has 0 amide bonds. The molecule has 0 bridgehead atoms. The minimum Gasteiger partial charge on any atom is -0.494 e. The quantitative estimate of drug-likeness (QED) is 0.649. The third-order valence-corrected chi connectivity index (χ3v) is 4.37. The molecule has 0 saturated heterocycles. The average molecular weight is 367 g/mol. The molecule has 0 spiro atoms. The lowest BCUT2D eigenvalue weighted by atomic mass is 10.1. The molecule has 3 rings (SSSR count). The van der Waals surface area contributed by atoms with E-state index < -0.39 is 0 Å². The number of para-hydroxylation sites is 1. The molecule has 142 valence electrons. The van der Waals surface area contributed by atoms with Crippen molar-refractivity contribution in [2.75, 3.05) is 26.1 Å². The second-order valence-corrected chi connectivity index (χ2v) is 5.99. The van der Waals surface area contributed by atoms with Crippen LogP contribution in [0.2, 0.25) is 0 Å². The van der Waals surface area contributed by atoms with E-state index in [4.69, 9.17) is 14.2 Å². The van der Waals surface area contributed by atoms with Gasteiger partial charge in [0.1, 0.15) is 5.75 Å². The van der Waals surface area contributed by atoms with E-state index in [1.165, 1.54) is 0 Å². The van der Waals surface area contributed by atoms with Crippen LogP contribution in [0.25, 0.3) is 11.3 Å². The zero-order valence-electron chi connectivity index (χ0n) is 16.2. The monoisotopic (exact) mass is 367 g/mol. The highest BCUT2D eigenvalue weighted by atomic mass is 16.5. The van der Waals surface area contributed by atoms with Gasteiger partial charge in [0.15, 0.2) is 11.5 Å². The van der Waals surface area contributed by atoms with E-state index in [1.54, 1.807) is 14.2 Å². The maximum absolute atomic E-state index is 5.50. The van der Waals surface area contributed by atoms with Crippen molar-refractivity contribution in [3.05, 3.63) is 54.2 Å². The van der Waals surface area contributed by atoms with Crippen molar-refractivity contribution in [3.8, 4) is 28.5 Å². The van der Waals surface area contributed by atoms with E-state index in [2.05, 4.69) is 10.3 Å². The molecule has 6 heteroatoms. The first kappa shape index (κ1) is 18.6. The van der Waals surface area contributed by atoms with Crippen LogP contribution in [0, 0.1) is 0 Å². The van der Waals surface area contributed by atoms with E-state index >= 15 is 0 Å². The van der Waals surface area contributed by atoms with Gasteiger partial charge in [-0.3, -0.25) is 0 Å². The lowest BCUT2D eigenvalue weighted by Gasteiger charge is -2.14. The smallest absolute Gasteiger partial charge is 0.203 e. The average Bonchev–Trinajstić information content (AvgIpc) is 3.07. The third kappa shape index (κ3) is 4.00. The van der Waals surface area contributed by atoms with Gasteiger partial charge in [0.25, 0.3) is 0 Å². The number of ether oxygens (including phenoxy) is 3. The van der Waals surface area contributed by atoms with Crippen molar-refractivity contribution in [2.45, 2.75) is 13.5 Å². The fraction of sp³-hybridized carbons (Fsp3) is 0.286. The molecule has 0 saturated carbocycles. The van der Waals surface area contributed by atoms with Crippen LogP contribution in [0.15, 0.2) is 48.7 Å². The van der Waals surface area contributed by atoms with Gasteiger partial charge >= 0.3 is 0 Å². The maximum Gasteiger partial charge on any atom is 0.203 e. The standard InChI is InChI=1S/C21H25N3O3/c1-5-27-17-11-9-15(10-12-17)18-14-23-21(24(18)2)22-13-16-7-6-8-19(25-3)20(16)26-4/h6-12,14H,5,13H2,1-4H3,(H,22,23). The Kier molecular flexibility index (Phi) is 5.86. The molecule has 6 nitrogen and oxygen atoms in total. The van der Waals surface area contributed by atoms with Gasteiger partial charge in [-0.15, -0.1) is 0 Å². The summed E-state index contributed by atoms with van der Waals surface area (Å²) in [5.74, 6) is 3.09. The minimum atomic E-state index is 0.577. The normalized spacial score (nSPS) is 10.5. The molecule has 1 N–H and O–H groups in total. The van der Waals surface area contributed by atoms with Crippen LogP contribution in [0.3, 0.4) is 0 Å². The summed E-state index contributed by atoms with van der Waals surface area (Å²) >= 11 is 0. The van der Waals surface area contributed by atoms with E-state index in [-0.39, 0.29) is 0 Å². The minimum absolute atomic E-state index is 0.577. The Morgan fingerprint density at radius 1 is 1.04 bits per heavy atom. The van der Waals surface area contributed by atoms with Crippen molar-refractivity contribution in [3.63, 3.8) is 0 Å². The van der Waals surface area contributed by atoms with E-state index in [0.717, 1.165) is 34.3 Å². The molecule has 1 heterocycles. The van der Waals surface area contributed by atoms with Gasteiger partial charge in [-0.05, 0) is 37.3 Å². The van der Waals surface area contributed by atoms with Gasteiger partial charge in [-0.25, -0.2) is 4.98 Å². The van der Waals surface area contributed by atoms with E-state index in [0.29, 0.717) is 18.9 Å². The highest BCUT2D eigenvalue weighted by Gasteiger charge is 2.12. The summed E-state index contributed by atoms with van der Waals surface area (Å²) in [5.41, 5.74) is 3.11. The zero-order chi connectivity index (χ0) is 19.2. The molecular weight excluding hydrogens is 342 g/mol. The Morgan fingerprint density at radius 3 is 2.48 bits per heavy atom. The van der Waals surface area contributed by atoms with Gasteiger partial charge in [0, 0.05) is 24.7 Å². The van der Waals surface area contributed by atoms with E-state index in [1.807, 2.05) is 67.2 Å². The molecule has 2 aromatic carbocycles. The zero-order valence-corrected chi connectivity index (χ0v) is 16.2. The Hall–Kier alpha value is -3.15. The van der Waals surface area contributed by atoms with E-state index in [9.17, 15) is 0 Å². The largest absolute Gasteiger partial charge is 0.494 e. The highest BCUT2D eigenvalue weighted by Crippen LogP contribution is 2.31. The van der Waals surface area contributed by atoms with Crippen molar-refractivity contribution >= 4 is 5.95 Å². The maximum atomic E-state index is 5.50. The van der Waals surface area contributed by atoms with Crippen molar-refractivity contribution in [2.24, 2.45) is 7.05 Å². The Labute approximate surface area is 159 Å². The second-order valence-electron chi connectivity index (χ2n) is 5.99. The number of benzene rings is 2. The van der Waals surface area contributed by atoms with Crippen LogP contribution >= 0.6 is 0 Å². The topological polar surface area (TPSA) is 57.5 Å². The fourth-order valence-electron chi connectivity index (χ4n) is 3.00. The number of methoxy groups -OCH3 is 2. The van der Waals surface area contributed by atoms with Crippen LogP contribution in [-0.2, 0) is 13.6 Å². The number of hydrogen-bond donors (Lipinski definition) is 1. The number of nitrogens with one attached hydrogen (secondary N) is 1. The van der Waals surface area contributed by atoms with Crippen molar-refractivity contribution in [1.29, 1.82) is 0 Å². The molecule has 0 atom stereocenters.